The molecule has 0 amide bonds. The van der Waals surface area contributed by atoms with E-state index in [1.54, 1.807) is 6.07 Å². The molecular weight excluding hydrogens is 477 g/mol. The lowest BCUT2D eigenvalue weighted by Crippen LogP contribution is -2.28. The van der Waals surface area contributed by atoms with Crippen LogP contribution in [0.15, 0.2) is 73.2 Å². The fourth-order valence-electron chi connectivity index (χ4n) is 4.82. The predicted molar refractivity (Wildman–Crippen MR) is 137 cm³/mol. The second-order valence-electron chi connectivity index (χ2n) is 8.73. The molecule has 176 valence electrons. The molecule has 0 aliphatic carbocycles. The predicted octanol–water partition coefficient (Wildman–Crippen LogP) is 5.37. The van der Waals surface area contributed by atoms with Crippen LogP contribution in [0.1, 0.15) is 5.69 Å². The molecule has 7 rings (SSSR count). The third-order valence-electron chi connectivity index (χ3n) is 6.55. The molecule has 7 nitrogen and oxygen atoms in total. The van der Waals surface area contributed by atoms with E-state index in [9.17, 15) is 4.39 Å². The van der Waals surface area contributed by atoms with Crippen molar-refractivity contribution in [3.8, 4) is 33.8 Å². The Morgan fingerprint density at radius 2 is 1.89 bits per heavy atom. The van der Waals surface area contributed by atoms with E-state index in [4.69, 9.17) is 21.6 Å². The van der Waals surface area contributed by atoms with Gasteiger partial charge in [0.2, 0.25) is 0 Å². The molecular formula is C27H19ClFN7. The Hall–Kier alpha value is -4.14. The maximum atomic E-state index is 14.9. The monoisotopic (exact) mass is 495 g/mol. The SMILES string of the molecule is Fc1ccc(Cl)cc1-c1nc2ccccn2c1-c1ccc2ncc(-c3cnn4c3CNCC4)cc2n1. The Labute approximate surface area is 210 Å². The van der Waals surface area contributed by atoms with Crippen molar-refractivity contribution in [3.05, 3.63) is 89.7 Å². The van der Waals surface area contributed by atoms with E-state index in [0.717, 1.165) is 47.5 Å². The molecule has 1 N–H and O–H groups in total. The van der Waals surface area contributed by atoms with Crippen LogP contribution in [0.5, 0.6) is 0 Å². The topological polar surface area (TPSA) is 72.9 Å². The van der Waals surface area contributed by atoms with Crippen molar-refractivity contribution in [2.75, 3.05) is 6.54 Å². The number of hydrogen-bond donors (Lipinski definition) is 1. The Morgan fingerprint density at radius 1 is 0.944 bits per heavy atom. The first-order valence-electron chi connectivity index (χ1n) is 11.6. The molecule has 0 fully saturated rings. The van der Waals surface area contributed by atoms with Crippen LogP contribution in [0.3, 0.4) is 0 Å². The first-order chi connectivity index (χ1) is 17.7. The van der Waals surface area contributed by atoms with Crippen LogP contribution in [-0.4, -0.2) is 35.7 Å². The van der Waals surface area contributed by atoms with Gasteiger partial charge >= 0.3 is 0 Å². The summed E-state index contributed by atoms with van der Waals surface area (Å²) >= 11 is 6.22. The second-order valence-corrected chi connectivity index (χ2v) is 9.16. The molecule has 36 heavy (non-hydrogen) atoms. The normalized spacial score (nSPS) is 13.4. The number of halogens is 2. The van der Waals surface area contributed by atoms with E-state index in [1.807, 2.05) is 64.1 Å². The molecule has 1 aromatic carbocycles. The first-order valence-corrected chi connectivity index (χ1v) is 12.0. The summed E-state index contributed by atoms with van der Waals surface area (Å²) in [5, 5.41) is 8.38. The summed E-state index contributed by atoms with van der Waals surface area (Å²) in [4.78, 5) is 14.4. The van der Waals surface area contributed by atoms with E-state index in [0.29, 0.717) is 33.3 Å². The number of rotatable bonds is 3. The number of pyridine rings is 3. The molecule has 1 aliphatic heterocycles. The molecule has 5 aromatic heterocycles. The summed E-state index contributed by atoms with van der Waals surface area (Å²) in [6.45, 7) is 2.51. The van der Waals surface area contributed by atoms with Gasteiger partial charge in [0, 0.05) is 47.2 Å². The average Bonchev–Trinajstić information content (AvgIpc) is 3.51. The molecule has 0 spiro atoms. The molecule has 0 saturated heterocycles. The number of benzene rings is 1. The molecule has 6 aromatic rings. The molecule has 0 unspecified atom stereocenters. The van der Waals surface area contributed by atoms with Gasteiger partial charge in [-0.15, -0.1) is 0 Å². The van der Waals surface area contributed by atoms with Crippen molar-refractivity contribution < 1.29 is 4.39 Å². The van der Waals surface area contributed by atoms with E-state index in [1.165, 1.54) is 12.1 Å². The summed E-state index contributed by atoms with van der Waals surface area (Å²) in [7, 11) is 0. The van der Waals surface area contributed by atoms with E-state index >= 15 is 0 Å². The van der Waals surface area contributed by atoms with Gasteiger partial charge in [0.1, 0.15) is 17.2 Å². The van der Waals surface area contributed by atoms with Gasteiger partial charge in [-0.2, -0.15) is 5.10 Å². The van der Waals surface area contributed by atoms with Gasteiger partial charge in [-0.3, -0.25) is 14.1 Å². The maximum absolute atomic E-state index is 14.9. The van der Waals surface area contributed by atoms with E-state index in [2.05, 4.69) is 15.4 Å². The minimum absolute atomic E-state index is 0.328. The Bertz CT molecular complexity index is 1790. The molecule has 1 aliphatic rings. The average molecular weight is 496 g/mol. The highest BCUT2D eigenvalue weighted by molar-refractivity contribution is 6.30. The molecule has 0 bridgehead atoms. The number of hydrogen-bond acceptors (Lipinski definition) is 5. The first kappa shape index (κ1) is 21.2. The van der Waals surface area contributed by atoms with E-state index in [-0.39, 0.29) is 0 Å². The lowest BCUT2D eigenvalue weighted by atomic mass is 10.1. The van der Waals surface area contributed by atoms with Gasteiger partial charge in [0.15, 0.2) is 0 Å². The Morgan fingerprint density at radius 3 is 2.83 bits per heavy atom. The van der Waals surface area contributed by atoms with Crippen LogP contribution in [-0.2, 0) is 13.1 Å². The van der Waals surface area contributed by atoms with Crippen LogP contribution in [0.25, 0.3) is 50.5 Å². The smallest absolute Gasteiger partial charge is 0.137 e. The van der Waals surface area contributed by atoms with Crippen LogP contribution in [0, 0.1) is 5.82 Å². The van der Waals surface area contributed by atoms with Crippen molar-refractivity contribution >= 4 is 28.3 Å². The lowest BCUT2D eigenvalue weighted by molar-refractivity contribution is 0.476. The van der Waals surface area contributed by atoms with Crippen molar-refractivity contribution in [3.63, 3.8) is 0 Å². The fraction of sp³-hybridized carbons (Fsp3) is 0.111. The van der Waals surface area contributed by atoms with Gasteiger partial charge in [0.25, 0.3) is 0 Å². The minimum atomic E-state index is -0.395. The zero-order valence-electron chi connectivity index (χ0n) is 19.0. The van der Waals surface area contributed by atoms with Crippen LogP contribution in [0.4, 0.5) is 4.39 Å². The highest BCUT2D eigenvalue weighted by Gasteiger charge is 2.21. The van der Waals surface area contributed by atoms with Crippen molar-refractivity contribution in [2.24, 2.45) is 0 Å². The molecule has 0 saturated carbocycles. The standard InChI is InChI=1S/C27H19ClFN7/c28-17-4-5-20(29)18(12-17)26-27(35-9-2-1-3-25(35)34-26)22-7-6-21-23(33-22)11-16(13-31-21)19-14-32-36-10-8-30-15-24(19)36/h1-7,9,11-14,30H,8,10,15H2. The van der Waals surface area contributed by atoms with Crippen LogP contribution >= 0.6 is 11.6 Å². The van der Waals surface area contributed by atoms with Crippen molar-refractivity contribution in [2.45, 2.75) is 13.1 Å². The Balaban J connectivity index is 1.43. The summed E-state index contributed by atoms with van der Waals surface area (Å²) < 4.78 is 18.9. The summed E-state index contributed by atoms with van der Waals surface area (Å²) in [5.41, 5.74) is 7.48. The molecule has 0 atom stereocenters. The second kappa shape index (κ2) is 8.22. The van der Waals surface area contributed by atoms with Crippen molar-refractivity contribution in [1.82, 2.24) is 34.4 Å². The van der Waals surface area contributed by atoms with Crippen molar-refractivity contribution in [1.29, 1.82) is 0 Å². The van der Waals surface area contributed by atoms with Crippen LogP contribution < -0.4 is 5.32 Å². The summed E-state index contributed by atoms with van der Waals surface area (Å²) in [5.74, 6) is -0.395. The number of fused-ring (bicyclic) bond motifs is 3. The highest BCUT2D eigenvalue weighted by atomic mass is 35.5. The quantitative estimate of drug-likeness (QED) is 0.357. The van der Waals surface area contributed by atoms with Gasteiger partial charge in [-0.05, 0) is 48.5 Å². The number of nitrogens with zero attached hydrogens (tertiary/aromatic N) is 6. The molecule has 0 radical (unpaired) electrons. The number of aromatic nitrogens is 6. The number of imidazole rings is 1. The van der Waals surface area contributed by atoms with Gasteiger partial charge in [-0.25, -0.2) is 14.4 Å². The Kier molecular flexibility index (Phi) is 4.83. The fourth-order valence-corrected chi connectivity index (χ4v) is 4.99. The summed E-state index contributed by atoms with van der Waals surface area (Å²) in [6.07, 6.45) is 5.65. The molecule has 6 heterocycles. The largest absolute Gasteiger partial charge is 0.309 e. The third kappa shape index (κ3) is 3.37. The lowest BCUT2D eigenvalue weighted by Gasteiger charge is -2.16. The van der Waals surface area contributed by atoms with Gasteiger partial charge in [-0.1, -0.05) is 17.7 Å². The highest BCUT2D eigenvalue weighted by Crippen LogP contribution is 2.35. The summed E-state index contributed by atoms with van der Waals surface area (Å²) in [6, 6.07) is 16.0. The zero-order chi connectivity index (χ0) is 24.2. The van der Waals surface area contributed by atoms with E-state index < -0.39 is 5.82 Å². The zero-order valence-corrected chi connectivity index (χ0v) is 19.7. The molecule has 9 heteroatoms. The minimum Gasteiger partial charge on any atom is -0.309 e. The third-order valence-corrected chi connectivity index (χ3v) is 6.78. The number of nitrogens with one attached hydrogen (secondary N) is 1. The van der Waals surface area contributed by atoms with Crippen LogP contribution in [0.2, 0.25) is 5.02 Å². The maximum Gasteiger partial charge on any atom is 0.137 e. The van der Waals surface area contributed by atoms with Gasteiger partial charge in [0.05, 0.1) is 40.9 Å². The van der Waals surface area contributed by atoms with Gasteiger partial charge < -0.3 is 5.32 Å².